The van der Waals surface area contributed by atoms with E-state index in [0.29, 0.717) is 12.2 Å². The average molecular weight is 217 g/mol. The Labute approximate surface area is 93.5 Å². The number of nitrogens with zero attached hydrogens (tertiary/aromatic N) is 1. The maximum absolute atomic E-state index is 11.5. The minimum atomic E-state index is -0.272. The smallest absolute Gasteiger partial charge is 0.377 e. The molecule has 1 aliphatic rings. The summed E-state index contributed by atoms with van der Waals surface area (Å²) in [6.45, 7) is 4.84. The van der Waals surface area contributed by atoms with Gasteiger partial charge in [-0.25, -0.2) is 0 Å². The van der Waals surface area contributed by atoms with Crippen LogP contribution in [-0.4, -0.2) is 23.4 Å². The number of carbonyl (C=O) groups is 1. The van der Waals surface area contributed by atoms with E-state index >= 15 is 0 Å². The Morgan fingerprint density at radius 3 is 3.00 bits per heavy atom. The Bertz CT molecular complexity index is 500. The zero-order valence-electron chi connectivity index (χ0n) is 9.28. The molecule has 0 bridgehead atoms. The van der Waals surface area contributed by atoms with Gasteiger partial charge in [0.2, 0.25) is 0 Å². The number of ether oxygens (including phenoxy) is 1. The van der Waals surface area contributed by atoms with Crippen LogP contribution in [0, 0.1) is 5.53 Å². The van der Waals surface area contributed by atoms with Gasteiger partial charge in [-0.2, -0.15) is 0 Å². The minimum Gasteiger partial charge on any atom is -0.492 e. The highest BCUT2D eigenvalue weighted by Crippen LogP contribution is 2.38. The van der Waals surface area contributed by atoms with Crippen LogP contribution in [-0.2, 0) is 5.41 Å². The van der Waals surface area contributed by atoms with Crippen LogP contribution in [0.3, 0.4) is 0 Å². The number of rotatable bonds is 2. The van der Waals surface area contributed by atoms with Crippen molar-refractivity contribution >= 4 is 12.0 Å². The number of hydrogen-bond acceptors (Lipinski definition) is 3. The second kappa shape index (κ2) is 3.58. The molecule has 0 aliphatic carbocycles. The highest BCUT2D eigenvalue weighted by atomic mass is 16.5. The summed E-state index contributed by atoms with van der Waals surface area (Å²) in [5, 5.41) is 0. The molecule has 0 aromatic heterocycles. The zero-order chi connectivity index (χ0) is 11.8. The fourth-order valence-corrected chi connectivity index (χ4v) is 1.82. The molecule has 4 nitrogen and oxygen atoms in total. The standard InChI is InChI=1S/C12H13N2O2/c1-12(2)7-16-11-5-8(3-4-9(11)12)10(15)6-14-13/h3-6,13H,7H2,1-2H3/q+1. The van der Waals surface area contributed by atoms with E-state index in [1.807, 2.05) is 6.07 Å². The van der Waals surface area contributed by atoms with Crippen LogP contribution >= 0.6 is 0 Å². The molecule has 0 saturated heterocycles. The van der Waals surface area contributed by atoms with Crippen LogP contribution in [0.1, 0.15) is 29.8 Å². The van der Waals surface area contributed by atoms with E-state index in [1.165, 1.54) is 0 Å². The lowest BCUT2D eigenvalue weighted by atomic mass is 9.86. The first kappa shape index (κ1) is 10.6. The highest BCUT2D eigenvalue weighted by molar-refractivity contribution is 6.33. The number of Topliss-reactive ketones (excluding diaryl/α,β-unsaturated/α-hetero) is 1. The molecule has 0 unspecified atom stereocenters. The number of fused-ring (bicyclic) bond motifs is 1. The molecule has 1 aromatic rings. The number of nitrogens with one attached hydrogen (secondary N) is 1. The molecule has 0 fully saturated rings. The van der Waals surface area contributed by atoms with E-state index in [2.05, 4.69) is 18.6 Å². The summed E-state index contributed by atoms with van der Waals surface area (Å²) in [7, 11) is 0. The van der Waals surface area contributed by atoms with Crippen molar-refractivity contribution in [3.63, 3.8) is 0 Å². The number of ketones is 1. The Kier molecular flexibility index (Phi) is 2.37. The van der Waals surface area contributed by atoms with Crippen LogP contribution in [0.25, 0.3) is 0 Å². The molecule has 0 amide bonds. The molecule has 0 radical (unpaired) electrons. The average Bonchev–Trinajstić information content (AvgIpc) is 2.55. The maximum atomic E-state index is 11.5. The topological polar surface area (TPSA) is 64.2 Å². The van der Waals surface area contributed by atoms with Crippen molar-refractivity contribution in [2.45, 2.75) is 19.3 Å². The van der Waals surface area contributed by atoms with Crippen molar-refractivity contribution in [3.8, 4) is 5.75 Å². The van der Waals surface area contributed by atoms with Crippen LogP contribution < -0.4 is 4.74 Å². The van der Waals surface area contributed by atoms with Crippen molar-refractivity contribution in [1.29, 1.82) is 5.53 Å². The van der Waals surface area contributed by atoms with Crippen LogP contribution in [0.5, 0.6) is 5.75 Å². The largest absolute Gasteiger partial charge is 0.492 e. The third-order valence-corrected chi connectivity index (χ3v) is 2.77. The first-order chi connectivity index (χ1) is 7.54. The van der Waals surface area contributed by atoms with Crippen LogP contribution in [0.15, 0.2) is 18.2 Å². The van der Waals surface area contributed by atoms with Gasteiger partial charge >= 0.3 is 6.21 Å². The third kappa shape index (κ3) is 1.64. The number of carbonyl (C=O) groups excluding carboxylic acids is 1. The van der Waals surface area contributed by atoms with Gasteiger partial charge in [0, 0.05) is 16.5 Å². The van der Waals surface area contributed by atoms with Crippen LogP contribution in [0.4, 0.5) is 0 Å². The summed E-state index contributed by atoms with van der Waals surface area (Å²) in [5.41, 5.74) is 8.24. The lowest BCUT2D eigenvalue weighted by Crippen LogP contribution is -2.18. The lowest BCUT2D eigenvalue weighted by Gasteiger charge is -2.14. The fourth-order valence-electron chi connectivity index (χ4n) is 1.82. The molecule has 0 atom stereocenters. The van der Waals surface area contributed by atoms with Gasteiger partial charge in [-0.3, -0.25) is 4.79 Å². The molecule has 1 aliphatic heterocycles. The molecule has 0 saturated carbocycles. The minimum absolute atomic E-state index is 0.000420. The van der Waals surface area contributed by atoms with E-state index in [9.17, 15) is 4.79 Å². The summed E-state index contributed by atoms with van der Waals surface area (Å²) < 4.78 is 5.54. The summed E-state index contributed by atoms with van der Waals surface area (Å²) in [6, 6.07) is 5.38. The summed E-state index contributed by atoms with van der Waals surface area (Å²) in [6.07, 6.45) is 0.988. The van der Waals surface area contributed by atoms with Crippen molar-refractivity contribution in [2.24, 2.45) is 0 Å². The summed E-state index contributed by atoms with van der Waals surface area (Å²) >= 11 is 0. The van der Waals surface area contributed by atoms with Gasteiger partial charge in [0.15, 0.2) is 0 Å². The molecule has 1 aromatic carbocycles. The second-order valence-corrected chi connectivity index (χ2v) is 4.51. The lowest BCUT2D eigenvalue weighted by molar-refractivity contribution is -0.111. The Morgan fingerprint density at radius 2 is 2.31 bits per heavy atom. The van der Waals surface area contributed by atoms with Gasteiger partial charge in [0.25, 0.3) is 5.78 Å². The molecule has 16 heavy (non-hydrogen) atoms. The van der Waals surface area contributed by atoms with Gasteiger partial charge in [0.1, 0.15) is 5.75 Å². The molecular weight excluding hydrogens is 204 g/mol. The molecule has 4 heteroatoms. The highest BCUT2D eigenvalue weighted by Gasteiger charge is 2.32. The van der Waals surface area contributed by atoms with Crippen LogP contribution in [0.2, 0.25) is 0 Å². The predicted molar refractivity (Wildman–Crippen MR) is 58.3 cm³/mol. The van der Waals surface area contributed by atoms with Crippen molar-refractivity contribution < 1.29 is 14.3 Å². The van der Waals surface area contributed by atoms with E-state index in [-0.39, 0.29) is 11.2 Å². The first-order valence-corrected chi connectivity index (χ1v) is 5.06. The Balaban J connectivity index is 2.43. The van der Waals surface area contributed by atoms with E-state index in [0.717, 1.165) is 17.5 Å². The summed E-state index contributed by atoms with van der Waals surface area (Å²) in [5.74, 6) is 0.486. The van der Waals surface area contributed by atoms with Gasteiger partial charge in [-0.1, -0.05) is 26.0 Å². The van der Waals surface area contributed by atoms with Gasteiger partial charge in [-0.05, 0) is 6.07 Å². The first-order valence-electron chi connectivity index (χ1n) is 5.06. The number of hydrogen-bond donors (Lipinski definition) is 1. The third-order valence-electron chi connectivity index (χ3n) is 2.77. The molecular formula is C12H13N2O2+. The molecule has 0 spiro atoms. The number of benzene rings is 1. The monoisotopic (exact) mass is 217 g/mol. The molecule has 82 valence electrons. The predicted octanol–water partition coefficient (Wildman–Crippen LogP) is 1.85. The Morgan fingerprint density at radius 1 is 1.56 bits per heavy atom. The maximum Gasteiger partial charge on any atom is 0.377 e. The van der Waals surface area contributed by atoms with Gasteiger partial charge in [-0.15, -0.1) is 0 Å². The fraction of sp³-hybridized carbons (Fsp3) is 0.333. The second-order valence-electron chi connectivity index (χ2n) is 4.51. The quantitative estimate of drug-likeness (QED) is 0.355. The van der Waals surface area contributed by atoms with Crippen molar-refractivity contribution in [2.75, 3.05) is 6.61 Å². The Hall–Kier alpha value is -1.93. The van der Waals surface area contributed by atoms with E-state index in [4.69, 9.17) is 10.3 Å². The van der Waals surface area contributed by atoms with Crippen molar-refractivity contribution in [1.82, 2.24) is 0 Å². The van der Waals surface area contributed by atoms with E-state index < -0.39 is 0 Å². The molecule has 2 rings (SSSR count). The zero-order valence-corrected chi connectivity index (χ0v) is 9.28. The normalized spacial score (nSPS) is 15.9. The molecule has 1 N–H and O–H groups in total. The summed E-state index contributed by atoms with van der Waals surface area (Å²) in [4.78, 5) is 14.4. The van der Waals surface area contributed by atoms with Gasteiger partial charge < -0.3 is 4.74 Å². The van der Waals surface area contributed by atoms with Gasteiger partial charge in [0.05, 0.1) is 16.9 Å². The van der Waals surface area contributed by atoms with E-state index in [1.54, 1.807) is 12.1 Å². The molecule has 1 heterocycles. The van der Waals surface area contributed by atoms with Crippen molar-refractivity contribution in [3.05, 3.63) is 29.3 Å². The SMILES string of the molecule is CC1(C)COc2cc(C(=O)C=[N+]=N)ccc21.